The Morgan fingerprint density at radius 3 is 2.76 bits per heavy atom. The molecule has 4 nitrogen and oxygen atoms in total. The highest BCUT2D eigenvalue weighted by atomic mass is 32.1. The van der Waals surface area contributed by atoms with E-state index in [1.807, 2.05) is 40.6 Å². The second-order valence-corrected chi connectivity index (χ2v) is 7.35. The summed E-state index contributed by atoms with van der Waals surface area (Å²) in [5, 5.41) is 2.98. The molecule has 5 heteroatoms. The summed E-state index contributed by atoms with van der Waals surface area (Å²) in [6.45, 7) is 4.61. The van der Waals surface area contributed by atoms with Crippen LogP contribution in [-0.2, 0) is 16.0 Å². The Bertz CT molecular complexity index is 663. The summed E-state index contributed by atoms with van der Waals surface area (Å²) in [6.07, 6.45) is 4.89. The van der Waals surface area contributed by atoms with Crippen LogP contribution < -0.4 is 0 Å². The number of benzene rings is 1. The first kappa shape index (κ1) is 18.1. The molecule has 0 unspecified atom stereocenters. The Kier molecular flexibility index (Phi) is 6.59. The number of thiazole rings is 1. The van der Waals surface area contributed by atoms with Crippen LogP contribution >= 0.6 is 11.3 Å². The maximum Gasteiger partial charge on any atom is 0.228 e. The first-order valence-corrected chi connectivity index (χ1v) is 10.0. The van der Waals surface area contributed by atoms with Gasteiger partial charge in [0.2, 0.25) is 5.91 Å². The second-order valence-electron chi connectivity index (χ2n) is 6.49. The van der Waals surface area contributed by atoms with E-state index in [9.17, 15) is 4.79 Å². The minimum absolute atomic E-state index is 0.178. The molecule has 1 aliphatic rings. The molecule has 2 heterocycles. The molecule has 1 aromatic heterocycles. The summed E-state index contributed by atoms with van der Waals surface area (Å²) in [5.41, 5.74) is 1.98. The van der Waals surface area contributed by atoms with Gasteiger partial charge in [0.1, 0.15) is 5.01 Å². The minimum Gasteiger partial charge on any atom is -0.378 e. The van der Waals surface area contributed by atoms with E-state index in [0.717, 1.165) is 61.6 Å². The van der Waals surface area contributed by atoms with Crippen LogP contribution in [0.2, 0.25) is 0 Å². The number of likely N-dealkylation sites (tertiary alicyclic amines) is 1. The summed E-state index contributed by atoms with van der Waals surface area (Å²) in [5.74, 6) is 0.178. The predicted molar refractivity (Wildman–Crippen MR) is 102 cm³/mol. The monoisotopic (exact) mass is 358 g/mol. The van der Waals surface area contributed by atoms with Crippen molar-refractivity contribution in [3.05, 3.63) is 41.4 Å². The average Bonchev–Trinajstić information content (AvgIpc) is 3.12. The topological polar surface area (TPSA) is 42.4 Å². The molecule has 3 rings (SSSR count). The summed E-state index contributed by atoms with van der Waals surface area (Å²) < 4.78 is 5.87. The van der Waals surface area contributed by atoms with Gasteiger partial charge < -0.3 is 9.64 Å². The van der Waals surface area contributed by atoms with Crippen molar-refractivity contribution < 1.29 is 9.53 Å². The van der Waals surface area contributed by atoms with Crippen molar-refractivity contribution in [3.63, 3.8) is 0 Å². The molecule has 0 aliphatic carbocycles. The van der Waals surface area contributed by atoms with Gasteiger partial charge in [0.25, 0.3) is 0 Å². The summed E-state index contributed by atoms with van der Waals surface area (Å²) in [6, 6.07) is 10.1. The fourth-order valence-electron chi connectivity index (χ4n) is 3.03. The molecule has 25 heavy (non-hydrogen) atoms. The lowest BCUT2D eigenvalue weighted by Gasteiger charge is -2.32. The van der Waals surface area contributed by atoms with Crippen molar-refractivity contribution in [2.45, 2.75) is 45.1 Å². The Labute approximate surface area is 153 Å². The van der Waals surface area contributed by atoms with Crippen LogP contribution in [0, 0.1) is 0 Å². The number of hydrogen-bond donors (Lipinski definition) is 0. The molecule has 0 atom stereocenters. The van der Waals surface area contributed by atoms with Crippen molar-refractivity contribution >= 4 is 17.2 Å². The highest BCUT2D eigenvalue weighted by molar-refractivity contribution is 7.13. The van der Waals surface area contributed by atoms with Crippen molar-refractivity contribution in [2.24, 2.45) is 0 Å². The van der Waals surface area contributed by atoms with Crippen LogP contribution in [0.25, 0.3) is 10.6 Å². The summed E-state index contributed by atoms with van der Waals surface area (Å²) >= 11 is 1.60. The third kappa shape index (κ3) is 5.13. The normalized spacial score (nSPS) is 15.5. The number of carbonyl (C=O) groups is 1. The zero-order valence-corrected chi connectivity index (χ0v) is 15.6. The smallest absolute Gasteiger partial charge is 0.228 e. The molecule has 1 fully saturated rings. The summed E-state index contributed by atoms with van der Waals surface area (Å²) in [7, 11) is 0. The van der Waals surface area contributed by atoms with Gasteiger partial charge in [0.05, 0.1) is 18.2 Å². The number of nitrogens with zero attached hydrogens (tertiary/aromatic N) is 2. The molecule has 0 saturated carbocycles. The molecule has 1 aromatic carbocycles. The van der Waals surface area contributed by atoms with Crippen molar-refractivity contribution in [3.8, 4) is 10.6 Å². The lowest BCUT2D eigenvalue weighted by molar-refractivity contribution is -0.133. The minimum atomic E-state index is 0.178. The summed E-state index contributed by atoms with van der Waals surface area (Å²) in [4.78, 5) is 19.1. The molecule has 0 bridgehead atoms. The molecule has 2 aromatic rings. The maximum absolute atomic E-state index is 12.5. The van der Waals surface area contributed by atoms with Crippen molar-refractivity contribution in [2.75, 3.05) is 19.7 Å². The zero-order valence-electron chi connectivity index (χ0n) is 14.8. The van der Waals surface area contributed by atoms with E-state index < -0.39 is 0 Å². The Morgan fingerprint density at radius 1 is 1.28 bits per heavy atom. The van der Waals surface area contributed by atoms with Crippen LogP contribution in [0.15, 0.2) is 35.7 Å². The molecule has 1 saturated heterocycles. The first-order chi connectivity index (χ1) is 12.3. The van der Waals surface area contributed by atoms with E-state index in [1.54, 1.807) is 11.3 Å². The van der Waals surface area contributed by atoms with Crippen molar-refractivity contribution in [1.29, 1.82) is 0 Å². The van der Waals surface area contributed by atoms with Crippen LogP contribution in [-0.4, -0.2) is 41.6 Å². The lowest BCUT2D eigenvalue weighted by Crippen LogP contribution is -2.41. The molecule has 1 aliphatic heterocycles. The number of amides is 1. The average molecular weight is 359 g/mol. The lowest BCUT2D eigenvalue weighted by atomic mass is 10.1. The van der Waals surface area contributed by atoms with Gasteiger partial charge >= 0.3 is 0 Å². The molecule has 0 spiro atoms. The largest absolute Gasteiger partial charge is 0.378 e. The van der Waals surface area contributed by atoms with Crippen LogP contribution in [0.3, 0.4) is 0 Å². The van der Waals surface area contributed by atoms with E-state index in [1.165, 1.54) is 0 Å². The van der Waals surface area contributed by atoms with Gasteiger partial charge in [-0.15, -0.1) is 11.3 Å². The predicted octanol–water partition coefficient (Wildman–Crippen LogP) is 4.16. The van der Waals surface area contributed by atoms with Crippen molar-refractivity contribution in [1.82, 2.24) is 9.88 Å². The first-order valence-electron chi connectivity index (χ1n) is 9.15. The second kappa shape index (κ2) is 9.11. The third-order valence-corrected chi connectivity index (χ3v) is 5.49. The van der Waals surface area contributed by atoms with Gasteiger partial charge in [0, 0.05) is 30.6 Å². The van der Waals surface area contributed by atoms with Gasteiger partial charge in [0.15, 0.2) is 0 Å². The molecular weight excluding hydrogens is 332 g/mol. The SMILES string of the molecule is CCCCOC1CCN(C(=O)Cc2csc(-c3ccccc3)n2)CC1. The molecular formula is C20H26N2O2S. The van der Waals surface area contributed by atoms with Gasteiger partial charge in [-0.25, -0.2) is 4.98 Å². The number of unbranched alkanes of at least 4 members (excludes halogenated alkanes) is 1. The number of piperidine rings is 1. The quantitative estimate of drug-likeness (QED) is 0.698. The fraction of sp³-hybridized carbons (Fsp3) is 0.500. The Balaban J connectivity index is 1.48. The number of rotatable bonds is 7. The van der Waals surface area contributed by atoms with E-state index in [4.69, 9.17) is 4.74 Å². The molecule has 134 valence electrons. The van der Waals surface area contributed by atoms with E-state index >= 15 is 0 Å². The third-order valence-electron chi connectivity index (χ3n) is 4.55. The zero-order chi connectivity index (χ0) is 17.5. The number of carbonyl (C=O) groups excluding carboxylic acids is 1. The Hall–Kier alpha value is -1.72. The van der Waals surface area contributed by atoms with Crippen LogP contribution in [0.5, 0.6) is 0 Å². The number of aromatic nitrogens is 1. The van der Waals surface area contributed by atoms with Gasteiger partial charge in [-0.2, -0.15) is 0 Å². The fourth-order valence-corrected chi connectivity index (χ4v) is 3.86. The van der Waals surface area contributed by atoms with E-state index in [2.05, 4.69) is 11.9 Å². The van der Waals surface area contributed by atoms with Gasteiger partial charge in [-0.1, -0.05) is 43.7 Å². The van der Waals surface area contributed by atoms with E-state index in [0.29, 0.717) is 12.5 Å². The van der Waals surface area contributed by atoms with E-state index in [-0.39, 0.29) is 5.91 Å². The van der Waals surface area contributed by atoms with Crippen LogP contribution in [0.1, 0.15) is 38.3 Å². The number of ether oxygens (including phenoxy) is 1. The number of hydrogen-bond acceptors (Lipinski definition) is 4. The molecule has 0 radical (unpaired) electrons. The standard InChI is InChI=1S/C20H26N2O2S/c1-2-3-13-24-18-9-11-22(12-10-18)19(23)14-17-15-25-20(21-17)16-7-5-4-6-8-16/h4-8,15,18H,2-3,9-14H2,1H3. The molecule has 1 amide bonds. The maximum atomic E-state index is 12.5. The highest BCUT2D eigenvalue weighted by Gasteiger charge is 2.23. The van der Waals surface area contributed by atoms with Gasteiger partial charge in [-0.3, -0.25) is 4.79 Å². The highest BCUT2D eigenvalue weighted by Crippen LogP contribution is 2.24. The van der Waals surface area contributed by atoms with Crippen LogP contribution in [0.4, 0.5) is 0 Å². The molecule has 0 N–H and O–H groups in total. The van der Waals surface area contributed by atoms with Gasteiger partial charge in [-0.05, 0) is 19.3 Å². The Morgan fingerprint density at radius 2 is 2.04 bits per heavy atom.